The second kappa shape index (κ2) is 10.5. The Morgan fingerprint density at radius 3 is 2.47 bits per heavy atom. The molecule has 0 spiro atoms. The third-order valence-corrected chi connectivity index (χ3v) is 14.5. The average Bonchev–Trinajstić information content (AvgIpc) is 3.37. The fourth-order valence-electron chi connectivity index (χ4n) is 11.8. The number of fused-ring (bicyclic) bond motifs is 3. The minimum atomic E-state index is -0.633. The molecule has 10 heteroatoms. The highest BCUT2D eigenvalue weighted by Crippen LogP contribution is 2.75. The molecule has 11 atom stereocenters. The first-order chi connectivity index (χ1) is 20.8. The van der Waals surface area contributed by atoms with Gasteiger partial charge in [-0.25, -0.2) is 0 Å². The van der Waals surface area contributed by atoms with E-state index in [-0.39, 0.29) is 51.1 Å². The number of anilines is 1. The summed E-state index contributed by atoms with van der Waals surface area (Å²) in [6.45, 7) is 21.7. The van der Waals surface area contributed by atoms with Crippen molar-refractivity contribution in [1.29, 1.82) is 0 Å². The monoisotopic (exact) mass is 626 g/mol. The van der Waals surface area contributed by atoms with Crippen LogP contribution >= 0.6 is 0 Å². The van der Waals surface area contributed by atoms with Gasteiger partial charge in [-0.2, -0.15) is 4.80 Å². The van der Waals surface area contributed by atoms with Crippen LogP contribution in [0, 0.1) is 56.7 Å². The van der Waals surface area contributed by atoms with Crippen molar-refractivity contribution in [3.8, 4) is 0 Å². The average molecular weight is 627 g/mol. The van der Waals surface area contributed by atoms with Gasteiger partial charge >= 0.3 is 5.97 Å². The van der Waals surface area contributed by atoms with Crippen LogP contribution in [0.25, 0.3) is 0 Å². The normalized spacial score (nSPS) is 45.2. The Morgan fingerprint density at radius 2 is 1.87 bits per heavy atom. The summed E-state index contributed by atoms with van der Waals surface area (Å²) in [7, 11) is 0. The first-order valence-corrected chi connectivity index (χ1v) is 17.3. The fourth-order valence-corrected chi connectivity index (χ4v) is 11.8. The summed E-state index contributed by atoms with van der Waals surface area (Å²) in [5.74, 6) is 0.471. The molecule has 6 rings (SSSR count). The number of ether oxygens (including phenoxy) is 2. The second-order valence-electron chi connectivity index (χ2n) is 17.8. The van der Waals surface area contributed by atoms with Crippen molar-refractivity contribution in [1.82, 2.24) is 20.2 Å². The molecule has 4 aliphatic carbocycles. The van der Waals surface area contributed by atoms with Gasteiger partial charge in [-0.1, -0.05) is 65.2 Å². The fraction of sp³-hybridized carbons (Fsp3) is 0.886. The van der Waals surface area contributed by atoms with E-state index >= 15 is 0 Å². The smallest absolute Gasteiger partial charge is 0.307 e. The summed E-state index contributed by atoms with van der Waals surface area (Å²) >= 11 is 0. The van der Waals surface area contributed by atoms with E-state index in [9.17, 15) is 9.90 Å². The SMILES string of the molecule is CC(C)[C@@H](C)[C@@]1(C)CC[C@]2(C)[C@H]3CC[C@H]4C5(C)COC[C@@]4(C[C@@H](n4nnc(N)n4)[C@@H]5OCC(C)(C)N)C3=CC[C@@]2(C)[C@@H]1C(=O)O. The molecule has 0 amide bonds. The maximum atomic E-state index is 13.4. The molecule has 3 saturated carbocycles. The lowest BCUT2D eigenvalue weighted by Crippen LogP contribution is -2.69. The molecule has 45 heavy (non-hydrogen) atoms. The molecule has 1 aromatic heterocycles. The van der Waals surface area contributed by atoms with Crippen LogP contribution in [-0.2, 0) is 14.3 Å². The van der Waals surface area contributed by atoms with Crippen molar-refractivity contribution in [2.45, 2.75) is 119 Å². The van der Waals surface area contributed by atoms with Crippen LogP contribution in [-0.4, -0.2) is 62.7 Å². The summed E-state index contributed by atoms with van der Waals surface area (Å²) in [5, 5.41) is 24.0. The van der Waals surface area contributed by atoms with E-state index in [2.05, 4.69) is 70.0 Å². The summed E-state index contributed by atoms with van der Waals surface area (Å²) in [6, 6.07) is -0.184. The molecular formula is C35H58N6O4. The number of aliphatic carboxylic acids is 1. The maximum Gasteiger partial charge on any atom is 0.307 e. The Labute approximate surface area is 269 Å². The van der Waals surface area contributed by atoms with Crippen molar-refractivity contribution >= 4 is 11.9 Å². The van der Waals surface area contributed by atoms with Crippen LogP contribution < -0.4 is 11.5 Å². The molecule has 252 valence electrons. The number of allylic oxidation sites excluding steroid dienone is 1. The van der Waals surface area contributed by atoms with Gasteiger partial charge in [0, 0.05) is 16.4 Å². The van der Waals surface area contributed by atoms with Crippen molar-refractivity contribution in [2.24, 2.45) is 62.4 Å². The quantitative estimate of drug-likeness (QED) is 0.333. The lowest BCUT2D eigenvalue weighted by Gasteiger charge is -2.71. The molecule has 4 fully saturated rings. The number of carboxylic acids is 1. The number of hydrogen-bond donors (Lipinski definition) is 3. The molecule has 2 bridgehead atoms. The van der Waals surface area contributed by atoms with Gasteiger partial charge in [0.25, 0.3) is 5.95 Å². The summed E-state index contributed by atoms with van der Waals surface area (Å²) in [5.41, 5.74) is 12.1. The third kappa shape index (κ3) is 4.58. The number of tetrazole rings is 1. The van der Waals surface area contributed by atoms with E-state index < -0.39 is 17.4 Å². The van der Waals surface area contributed by atoms with E-state index in [1.54, 1.807) is 4.80 Å². The van der Waals surface area contributed by atoms with Crippen LogP contribution in [0.1, 0.15) is 107 Å². The minimum absolute atomic E-state index is 0.147. The number of nitrogens with zero attached hydrogens (tertiary/aromatic N) is 4. The van der Waals surface area contributed by atoms with Crippen molar-refractivity contribution in [3.05, 3.63) is 11.6 Å². The zero-order valence-corrected chi connectivity index (χ0v) is 29.1. The molecule has 1 aromatic rings. The van der Waals surface area contributed by atoms with Crippen molar-refractivity contribution < 1.29 is 19.4 Å². The summed E-state index contributed by atoms with van der Waals surface area (Å²) in [6.07, 6.45) is 7.84. The van der Waals surface area contributed by atoms with Gasteiger partial charge in [-0.15, -0.1) is 5.10 Å². The molecule has 10 nitrogen and oxygen atoms in total. The lowest BCUT2D eigenvalue weighted by molar-refractivity contribution is -0.253. The van der Waals surface area contributed by atoms with E-state index in [0.29, 0.717) is 37.6 Å². The van der Waals surface area contributed by atoms with E-state index in [1.807, 2.05) is 13.8 Å². The Balaban J connectivity index is 1.46. The van der Waals surface area contributed by atoms with Gasteiger partial charge in [-0.05, 0) is 97.5 Å². The zero-order chi connectivity index (χ0) is 33.0. The Bertz CT molecular complexity index is 1360. The van der Waals surface area contributed by atoms with Crippen molar-refractivity contribution in [2.75, 3.05) is 25.6 Å². The van der Waals surface area contributed by atoms with Crippen molar-refractivity contribution in [3.63, 3.8) is 0 Å². The molecular weight excluding hydrogens is 568 g/mol. The molecule has 0 radical (unpaired) electrons. The van der Waals surface area contributed by atoms with Crippen LogP contribution in [0.2, 0.25) is 0 Å². The van der Waals surface area contributed by atoms with Gasteiger partial charge in [-0.3, -0.25) is 4.79 Å². The van der Waals surface area contributed by atoms with Crippen LogP contribution in [0.15, 0.2) is 11.6 Å². The molecule has 0 aromatic carbocycles. The van der Waals surface area contributed by atoms with Crippen LogP contribution in [0.3, 0.4) is 0 Å². The number of carbonyl (C=O) groups is 1. The summed E-state index contributed by atoms with van der Waals surface area (Å²) in [4.78, 5) is 15.1. The van der Waals surface area contributed by atoms with E-state index in [1.165, 1.54) is 5.57 Å². The van der Waals surface area contributed by atoms with Gasteiger partial charge < -0.3 is 26.0 Å². The van der Waals surface area contributed by atoms with Crippen LogP contribution in [0.5, 0.6) is 0 Å². The summed E-state index contributed by atoms with van der Waals surface area (Å²) < 4.78 is 13.4. The third-order valence-electron chi connectivity index (χ3n) is 14.5. The molecule has 1 saturated heterocycles. The maximum absolute atomic E-state index is 13.4. The zero-order valence-electron chi connectivity index (χ0n) is 29.1. The van der Waals surface area contributed by atoms with E-state index in [0.717, 1.165) is 38.5 Å². The number of aromatic nitrogens is 4. The highest BCUT2D eigenvalue weighted by atomic mass is 16.5. The molecule has 5 N–H and O–H groups in total. The van der Waals surface area contributed by atoms with Gasteiger partial charge in [0.15, 0.2) is 0 Å². The number of carboxylic acid groups (broad SMARTS) is 1. The van der Waals surface area contributed by atoms with E-state index in [4.69, 9.17) is 20.9 Å². The Kier molecular flexibility index (Phi) is 7.66. The molecule has 2 heterocycles. The highest BCUT2D eigenvalue weighted by molar-refractivity contribution is 5.73. The second-order valence-corrected chi connectivity index (χ2v) is 17.8. The topological polar surface area (TPSA) is 151 Å². The number of nitrogen functional groups attached to an aromatic ring is 1. The van der Waals surface area contributed by atoms with Crippen LogP contribution in [0.4, 0.5) is 5.95 Å². The number of nitrogens with two attached hydrogens (primary N) is 2. The number of rotatable bonds is 7. The lowest BCUT2D eigenvalue weighted by atomic mass is 9.34. The molecule has 1 aliphatic heterocycles. The van der Waals surface area contributed by atoms with Gasteiger partial charge in [0.2, 0.25) is 0 Å². The predicted octanol–water partition coefficient (Wildman–Crippen LogP) is 5.51. The molecule has 1 unspecified atom stereocenters. The van der Waals surface area contributed by atoms with Gasteiger partial charge in [0.05, 0.1) is 31.8 Å². The minimum Gasteiger partial charge on any atom is -0.481 e. The standard InChI is InChI=1S/C35H58N6O4/c1-20(2)21(3)31(6)14-15-33(8)22-10-11-25-32(7)18-44-19-35(25,23(22)12-13-34(33,9)26(31)28(42)43)16-24(41-39-29(36)38-40-41)27(32)45-17-30(4,5)37/h12,20-22,24-27H,10-11,13-19,37H2,1-9H3,(H2,36,39)(H,42,43)/t21-,22+,24-,25+,26-,27+,31-,32?,33-,34+,35+/m1/s1. The Morgan fingerprint density at radius 1 is 1.16 bits per heavy atom. The Hall–Kier alpha value is -2.04. The molecule has 5 aliphatic rings. The predicted molar refractivity (Wildman–Crippen MR) is 173 cm³/mol. The highest BCUT2D eigenvalue weighted by Gasteiger charge is 2.72. The first-order valence-electron chi connectivity index (χ1n) is 17.3. The number of hydrogen-bond acceptors (Lipinski definition) is 8. The first kappa shape index (κ1) is 32.9. The van der Waals surface area contributed by atoms with Gasteiger partial charge in [0.1, 0.15) is 6.04 Å². The largest absolute Gasteiger partial charge is 0.481 e.